The second-order valence-corrected chi connectivity index (χ2v) is 7.25. The molecule has 4 rings (SSSR count). The standard InChI is InChI=1S/C22H26N2O3/c1-3-16(2)22(25)24-12-6-11-23(18-7-4-5-8-19(18)24)14-17-9-10-20-21(13-17)27-15-26-20/h4-5,7-10,13,16H,3,6,11-12,14-15H2,1-2H3. The Morgan fingerprint density at radius 1 is 1.07 bits per heavy atom. The van der Waals surface area contributed by atoms with Gasteiger partial charge in [0.2, 0.25) is 12.7 Å². The van der Waals surface area contributed by atoms with Gasteiger partial charge in [0.15, 0.2) is 11.5 Å². The van der Waals surface area contributed by atoms with Crippen molar-refractivity contribution in [1.82, 2.24) is 0 Å². The van der Waals surface area contributed by atoms with Crippen LogP contribution in [-0.4, -0.2) is 25.8 Å². The van der Waals surface area contributed by atoms with Crippen molar-refractivity contribution in [3.63, 3.8) is 0 Å². The Hall–Kier alpha value is -2.69. The Bertz CT molecular complexity index is 836. The van der Waals surface area contributed by atoms with Crippen LogP contribution in [0.1, 0.15) is 32.3 Å². The summed E-state index contributed by atoms with van der Waals surface area (Å²) >= 11 is 0. The van der Waals surface area contributed by atoms with Crippen LogP contribution in [0, 0.1) is 5.92 Å². The third-order valence-electron chi connectivity index (χ3n) is 5.43. The molecular weight excluding hydrogens is 340 g/mol. The molecule has 0 fully saturated rings. The lowest BCUT2D eigenvalue weighted by molar-refractivity contribution is -0.122. The van der Waals surface area contributed by atoms with E-state index < -0.39 is 0 Å². The highest BCUT2D eigenvalue weighted by Gasteiger charge is 2.27. The summed E-state index contributed by atoms with van der Waals surface area (Å²) in [5, 5.41) is 0. The van der Waals surface area contributed by atoms with Crippen LogP contribution in [0.25, 0.3) is 0 Å². The van der Waals surface area contributed by atoms with Crippen LogP contribution in [0.3, 0.4) is 0 Å². The third kappa shape index (κ3) is 3.46. The topological polar surface area (TPSA) is 42.0 Å². The number of hydrogen-bond acceptors (Lipinski definition) is 4. The summed E-state index contributed by atoms with van der Waals surface area (Å²) in [4.78, 5) is 17.2. The number of hydrogen-bond donors (Lipinski definition) is 0. The van der Waals surface area contributed by atoms with Gasteiger partial charge < -0.3 is 19.3 Å². The summed E-state index contributed by atoms with van der Waals surface area (Å²) in [6, 6.07) is 14.3. The van der Waals surface area contributed by atoms with Gasteiger partial charge in [-0.05, 0) is 42.7 Å². The highest BCUT2D eigenvalue weighted by Crippen LogP contribution is 2.36. The molecule has 2 aromatic carbocycles. The van der Waals surface area contributed by atoms with Gasteiger partial charge in [0.25, 0.3) is 0 Å². The molecule has 2 heterocycles. The largest absolute Gasteiger partial charge is 0.454 e. The Balaban J connectivity index is 1.62. The van der Waals surface area contributed by atoms with Crippen LogP contribution >= 0.6 is 0 Å². The molecule has 0 saturated carbocycles. The normalized spacial score (nSPS) is 16.7. The van der Waals surface area contributed by atoms with Gasteiger partial charge >= 0.3 is 0 Å². The Kier molecular flexibility index (Phi) is 4.92. The fourth-order valence-corrected chi connectivity index (χ4v) is 3.71. The van der Waals surface area contributed by atoms with Crippen LogP contribution < -0.4 is 19.3 Å². The van der Waals surface area contributed by atoms with E-state index in [-0.39, 0.29) is 18.6 Å². The molecule has 0 bridgehead atoms. The Morgan fingerprint density at radius 3 is 2.67 bits per heavy atom. The number of rotatable bonds is 4. The maximum Gasteiger partial charge on any atom is 0.231 e. The van der Waals surface area contributed by atoms with Gasteiger partial charge in [-0.15, -0.1) is 0 Å². The van der Waals surface area contributed by atoms with E-state index in [1.165, 1.54) is 5.56 Å². The first kappa shape index (κ1) is 17.7. The molecule has 0 N–H and O–H groups in total. The highest BCUT2D eigenvalue weighted by molar-refractivity contribution is 5.98. The average molecular weight is 366 g/mol. The molecule has 0 spiro atoms. The molecule has 142 valence electrons. The first-order valence-electron chi connectivity index (χ1n) is 9.71. The number of carbonyl (C=O) groups excluding carboxylic acids is 1. The lowest BCUT2D eigenvalue weighted by Crippen LogP contribution is -2.35. The molecule has 1 amide bonds. The van der Waals surface area contributed by atoms with E-state index in [0.717, 1.165) is 55.3 Å². The van der Waals surface area contributed by atoms with Crippen molar-refractivity contribution in [1.29, 1.82) is 0 Å². The molecule has 5 nitrogen and oxygen atoms in total. The van der Waals surface area contributed by atoms with Crippen LogP contribution in [0.2, 0.25) is 0 Å². The summed E-state index contributed by atoms with van der Waals surface area (Å²) in [5.41, 5.74) is 3.31. The molecule has 5 heteroatoms. The minimum atomic E-state index is 0.0402. The molecule has 0 aromatic heterocycles. The quantitative estimate of drug-likeness (QED) is 0.813. The van der Waals surface area contributed by atoms with E-state index in [2.05, 4.69) is 36.1 Å². The summed E-state index contributed by atoms with van der Waals surface area (Å²) in [6.07, 6.45) is 1.81. The molecule has 1 atom stereocenters. The van der Waals surface area contributed by atoms with Gasteiger partial charge in [-0.3, -0.25) is 4.79 Å². The maximum absolute atomic E-state index is 12.9. The third-order valence-corrected chi connectivity index (χ3v) is 5.43. The van der Waals surface area contributed by atoms with Gasteiger partial charge in [0.05, 0.1) is 11.4 Å². The average Bonchev–Trinajstić information content (AvgIpc) is 3.09. The number of anilines is 2. The van der Waals surface area contributed by atoms with Crippen molar-refractivity contribution >= 4 is 17.3 Å². The minimum absolute atomic E-state index is 0.0402. The summed E-state index contributed by atoms with van der Waals surface area (Å²) in [5.74, 6) is 1.87. The number of para-hydroxylation sites is 2. The van der Waals surface area contributed by atoms with E-state index in [1.54, 1.807) is 0 Å². The predicted octanol–water partition coefficient (Wildman–Crippen LogP) is 4.20. The lowest BCUT2D eigenvalue weighted by atomic mass is 10.1. The zero-order valence-electron chi connectivity index (χ0n) is 16.0. The summed E-state index contributed by atoms with van der Waals surface area (Å²) in [6.45, 7) is 6.82. The van der Waals surface area contributed by atoms with Crippen LogP contribution in [0.15, 0.2) is 42.5 Å². The second-order valence-electron chi connectivity index (χ2n) is 7.25. The molecule has 2 aliphatic heterocycles. The maximum atomic E-state index is 12.9. The van der Waals surface area contributed by atoms with E-state index in [1.807, 2.05) is 30.0 Å². The first-order chi connectivity index (χ1) is 13.2. The second kappa shape index (κ2) is 7.51. The molecular formula is C22H26N2O3. The SMILES string of the molecule is CCC(C)C(=O)N1CCCN(Cc2ccc3c(c2)OCO3)c2ccccc21. The minimum Gasteiger partial charge on any atom is -0.454 e. The molecule has 1 unspecified atom stereocenters. The van der Waals surface area contributed by atoms with Crippen molar-refractivity contribution in [3.8, 4) is 11.5 Å². The fraction of sp³-hybridized carbons (Fsp3) is 0.409. The van der Waals surface area contributed by atoms with Crippen LogP contribution in [0.5, 0.6) is 11.5 Å². The lowest BCUT2D eigenvalue weighted by Gasteiger charge is -2.28. The van der Waals surface area contributed by atoms with E-state index in [9.17, 15) is 4.79 Å². The number of nitrogens with zero attached hydrogens (tertiary/aromatic N) is 2. The van der Waals surface area contributed by atoms with E-state index >= 15 is 0 Å². The number of benzene rings is 2. The van der Waals surface area contributed by atoms with Gasteiger partial charge in [-0.1, -0.05) is 32.0 Å². The highest BCUT2D eigenvalue weighted by atomic mass is 16.7. The van der Waals surface area contributed by atoms with Gasteiger partial charge in [-0.25, -0.2) is 0 Å². The number of amides is 1. The number of fused-ring (bicyclic) bond motifs is 2. The Morgan fingerprint density at radius 2 is 1.85 bits per heavy atom. The van der Waals surface area contributed by atoms with Crippen molar-refractivity contribution in [2.75, 3.05) is 29.7 Å². The van der Waals surface area contributed by atoms with Crippen LogP contribution in [0.4, 0.5) is 11.4 Å². The predicted molar refractivity (Wildman–Crippen MR) is 106 cm³/mol. The van der Waals surface area contributed by atoms with E-state index in [4.69, 9.17) is 9.47 Å². The summed E-state index contributed by atoms with van der Waals surface area (Å²) < 4.78 is 10.9. The van der Waals surface area contributed by atoms with Gasteiger partial charge in [-0.2, -0.15) is 0 Å². The number of ether oxygens (including phenoxy) is 2. The van der Waals surface area contributed by atoms with Crippen molar-refractivity contribution in [2.24, 2.45) is 5.92 Å². The van der Waals surface area contributed by atoms with Crippen molar-refractivity contribution < 1.29 is 14.3 Å². The fourth-order valence-electron chi connectivity index (χ4n) is 3.71. The first-order valence-corrected chi connectivity index (χ1v) is 9.71. The molecule has 2 aromatic rings. The van der Waals surface area contributed by atoms with Crippen molar-refractivity contribution in [3.05, 3.63) is 48.0 Å². The molecule has 0 saturated heterocycles. The molecule has 27 heavy (non-hydrogen) atoms. The summed E-state index contributed by atoms with van der Waals surface area (Å²) in [7, 11) is 0. The Labute approximate surface area is 160 Å². The van der Waals surface area contributed by atoms with Gasteiger partial charge in [0.1, 0.15) is 0 Å². The monoisotopic (exact) mass is 366 g/mol. The molecule has 0 radical (unpaired) electrons. The molecule has 0 aliphatic carbocycles. The zero-order valence-corrected chi connectivity index (χ0v) is 16.0. The van der Waals surface area contributed by atoms with Crippen molar-refractivity contribution in [2.45, 2.75) is 33.2 Å². The smallest absolute Gasteiger partial charge is 0.231 e. The van der Waals surface area contributed by atoms with Gasteiger partial charge in [0, 0.05) is 25.6 Å². The number of carbonyl (C=O) groups is 1. The molecule has 2 aliphatic rings. The van der Waals surface area contributed by atoms with Crippen LogP contribution in [-0.2, 0) is 11.3 Å². The zero-order chi connectivity index (χ0) is 18.8. The van der Waals surface area contributed by atoms with E-state index in [0.29, 0.717) is 0 Å².